The van der Waals surface area contributed by atoms with Gasteiger partial charge in [-0.05, 0) is 31.0 Å². The highest BCUT2D eigenvalue weighted by atomic mass is 19.4. The van der Waals surface area contributed by atoms with Crippen LogP contribution in [0.4, 0.5) is 28.0 Å². The third-order valence-corrected chi connectivity index (χ3v) is 3.98. The molecule has 0 unspecified atom stereocenters. The van der Waals surface area contributed by atoms with Gasteiger partial charge in [-0.1, -0.05) is 6.07 Å². The summed E-state index contributed by atoms with van der Waals surface area (Å²) < 4.78 is 56.7. The molecule has 1 atom stereocenters. The summed E-state index contributed by atoms with van der Waals surface area (Å²) >= 11 is 0. The predicted octanol–water partition coefficient (Wildman–Crippen LogP) is 3.71. The van der Waals surface area contributed by atoms with Gasteiger partial charge in [0.05, 0.1) is 24.5 Å². The van der Waals surface area contributed by atoms with Crippen molar-refractivity contribution in [1.82, 2.24) is 14.9 Å². The maximum absolute atomic E-state index is 12.8. The fraction of sp³-hybridized carbons (Fsp3) is 0.353. The molecule has 0 bridgehead atoms. The topological polar surface area (TPSA) is 67.4 Å². The first-order valence-electron chi connectivity index (χ1n) is 8.18. The van der Waals surface area contributed by atoms with Crippen molar-refractivity contribution in [3.05, 3.63) is 48.0 Å². The average Bonchev–Trinajstić information content (AvgIpc) is 2.63. The number of amides is 2. The SMILES string of the molecule is O=C(Nc1cccc(C(F)(F)F)c1)N1CCC[C@H](Oc2ncc(F)cn2)C1. The summed E-state index contributed by atoms with van der Waals surface area (Å²) in [7, 11) is 0. The number of hydrogen-bond donors (Lipinski definition) is 1. The van der Waals surface area contributed by atoms with E-state index in [9.17, 15) is 22.4 Å². The number of nitrogens with zero attached hydrogens (tertiary/aromatic N) is 3. The number of carbonyl (C=O) groups excluding carboxylic acids is 1. The molecular formula is C17H16F4N4O2. The molecule has 27 heavy (non-hydrogen) atoms. The van der Waals surface area contributed by atoms with Gasteiger partial charge in [-0.3, -0.25) is 0 Å². The van der Waals surface area contributed by atoms with Crippen molar-refractivity contribution >= 4 is 11.7 Å². The number of likely N-dealkylation sites (tertiary alicyclic amines) is 1. The number of benzene rings is 1. The number of rotatable bonds is 3. The molecule has 6 nitrogen and oxygen atoms in total. The van der Waals surface area contributed by atoms with Crippen LogP contribution in [-0.2, 0) is 6.18 Å². The Morgan fingerprint density at radius 3 is 2.70 bits per heavy atom. The van der Waals surface area contributed by atoms with Gasteiger partial charge in [-0.25, -0.2) is 19.2 Å². The zero-order valence-electron chi connectivity index (χ0n) is 14.0. The van der Waals surface area contributed by atoms with E-state index in [1.165, 1.54) is 17.0 Å². The lowest BCUT2D eigenvalue weighted by Gasteiger charge is -2.32. The van der Waals surface area contributed by atoms with Crippen LogP contribution in [-0.4, -0.2) is 40.1 Å². The second-order valence-electron chi connectivity index (χ2n) is 6.02. The Morgan fingerprint density at radius 2 is 2.00 bits per heavy atom. The van der Waals surface area contributed by atoms with Crippen LogP contribution in [0.3, 0.4) is 0 Å². The van der Waals surface area contributed by atoms with Crippen molar-refractivity contribution in [1.29, 1.82) is 0 Å². The molecule has 2 heterocycles. The lowest BCUT2D eigenvalue weighted by molar-refractivity contribution is -0.137. The van der Waals surface area contributed by atoms with Crippen LogP contribution in [0.5, 0.6) is 6.01 Å². The molecule has 1 N–H and O–H groups in total. The number of ether oxygens (including phenoxy) is 1. The largest absolute Gasteiger partial charge is 0.458 e. The monoisotopic (exact) mass is 384 g/mol. The fourth-order valence-electron chi connectivity index (χ4n) is 2.71. The van der Waals surface area contributed by atoms with E-state index in [0.29, 0.717) is 19.4 Å². The number of carbonyl (C=O) groups is 1. The zero-order chi connectivity index (χ0) is 19.4. The maximum atomic E-state index is 12.8. The predicted molar refractivity (Wildman–Crippen MR) is 87.7 cm³/mol. The Morgan fingerprint density at radius 1 is 1.26 bits per heavy atom. The van der Waals surface area contributed by atoms with Gasteiger partial charge in [-0.2, -0.15) is 13.2 Å². The summed E-state index contributed by atoms with van der Waals surface area (Å²) in [5.74, 6) is -0.590. The standard InChI is InChI=1S/C17H16F4N4O2/c18-12-8-22-15(23-9-12)27-14-5-2-6-25(10-14)16(26)24-13-4-1-3-11(7-13)17(19,20)21/h1,3-4,7-9,14H,2,5-6,10H2,(H,24,26)/t14-/m0/s1. The Kier molecular flexibility index (Phi) is 5.43. The van der Waals surface area contributed by atoms with Crippen molar-refractivity contribution in [2.45, 2.75) is 25.1 Å². The maximum Gasteiger partial charge on any atom is 0.416 e. The molecule has 1 aromatic carbocycles. The van der Waals surface area contributed by atoms with E-state index in [-0.39, 0.29) is 18.2 Å². The minimum absolute atomic E-state index is 0.00142. The van der Waals surface area contributed by atoms with Crippen LogP contribution in [0.2, 0.25) is 0 Å². The van der Waals surface area contributed by atoms with Gasteiger partial charge in [-0.15, -0.1) is 0 Å². The fourth-order valence-corrected chi connectivity index (χ4v) is 2.71. The first-order valence-corrected chi connectivity index (χ1v) is 8.18. The minimum atomic E-state index is -4.49. The van der Waals surface area contributed by atoms with Crippen LogP contribution in [0.25, 0.3) is 0 Å². The van der Waals surface area contributed by atoms with Crippen LogP contribution >= 0.6 is 0 Å². The molecule has 2 aromatic rings. The van der Waals surface area contributed by atoms with Crippen LogP contribution in [0.15, 0.2) is 36.7 Å². The van der Waals surface area contributed by atoms with Crippen molar-refractivity contribution in [2.75, 3.05) is 18.4 Å². The van der Waals surface area contributed by atoms with Crippen molar-refractivity contribution < 1.29 is 27.1 Å². The van der Waals surface area contributed by atoms with Gasteiger partial charge in [0.15, 0.2) is 5.82 Å². The Balaban J connectivity index is 1.60. The summed E-state index contributed by atoms with van der Waals surface area (Å²) in [6, 6.07) is 3.90. The number of piperidine rings is 1. The summed E-state index contributed by atoms with van der Waals surface area (Å²) in [6.45, 7) is 0.653. The van der Waals surface area contributed by atoms with Gasteiger partial charge in [0.25, 0.3) is 0 Å². The molecule has 3 rings (SSSR count). The number of halogens is 4. The molecule has 0 spiro atoms. The first-order chi connectivity index (χ1) is 12.8. The van der Waals surface area contributed by atoms with Crippen molar-refractivity contribution in [3.8, 4) is 6.01 Å². The Hall–Kier alpha value is -2.91. The summed E-state index contributed by atoms with van der Waals surface area (Å²) in [4.78, 5) is 21.2. The molecule has 0 aliphatic carbocycles. The van der Waals surface area contributed by atoms with E-state index in [1.807, 2.05) is 0 Å². The number of anilines is 1. The van der Waals surface area contributed by atoms with Gasteiger partial charge >= 0.3 is 18.2 Å². The molecule has 0 radical (unpaired) electrons. The van der Waals surface area contributed by atoms with Gasteiger partial charge in [0.1, 0.15) is 6.10 Å². The lowest BCUT2D eigenvalue weighted by Crippen LogP contribution is -2.46. The molecule has 1 fully saturated rings. The Labute approximate surface area is 152 Å². The molecule has 10 heteroatoms. The van der Waals surface area contributed by atoms with E-state index >= 15 is 0 Å². The van der Waals surface area contributed by atoms with Crippen LogP contribution in [0.1, 0.15) is 18.4 Å². The summed E-state index contributed by atoms with van der Waals surface area (Å²) in [6.07, 6.45) is -1.64. The summed E-state index contributed by atoms with van der Waals surface area (Å²) in [5, 5.41) is 2.47. The smallest absolute Gasteiger partial charge is 0.416 e. The Bertz CT molecular complexity index is 798. The second kappa shape index (κ2) is 7.77. The number of nitrogens with one attached hydrogen (secondary N) is 1. The highest BCUT2D eigenvalue weighted by Crippen LogP contribution is 2.30. The van der Waals surface area contributed by atoms with E-state index in [4.69, 9.17) is 4.74 Å². The van der Waals surface area contributed by atoms with Crippen LogP contribution < -0.4 is 10.1 Å². The third-order valence-electron chi connectivity index (χ3n) is 3.98. The van der Waals surface area contributed by atoms with Gasteiger partial charge < -0.3 is 15.0 Å². The second-order valence-corrected chi connectivity index (χ2v) is 6.02. The lowest BCUT2D eigenvalue weighted by atomic mass is 10.1. The molecule has 0 saturated carbocycles. The highest BCUT2D eigenvalue weighted by molar-refractivity contribution is 5.89. The third kappa shape index (κ3) is 5.05. The number of aromatic nitrogens is 2. The quantitative estimate of drug-likeness (QED) is 0.820. The van der Waals surface area contributed by atoms with Crippen LogP contribution in [0, 0.1) is 5.82 Å². The average molecular weight is 384 g/mol. The van der Waals surface area contributed by atoms with E-state index in [1.54, 1.807) is 0 Å². The molecule has 144 valence electrons. The molecule has 1 aliphatic rings. The zero-order valence-corrected chi connectivity index (χ0v) is 14.0. The van der Waals surface area contributed by atoms with E-state index in [2.05, 4.69) is 15.3 Å². The van der Waals surface area contributed by atoms with Crippen molar-refractivity contribution in [3.63, 3.8) is 0 Å². The van der Waals surface area contributed by atoms with Gasteiger partial charge in [0.2, 0.25) is 0 Å². The van der Waals surface area contributed by atoms with Crippen molar-refractivity contribution in [2.24, 2.45) is 0 Å². The molecule has 1 saturated heterocycles. The van der Waals surface area contributed by atoms with E-state index in [0.717, 1.165) is 24.5 Å². The number of hydrogen-bond acceptors (Lipinski definition) is 4. The molecule has 2 amide bonds. The molecular weight excluding hydrogens is 368 g/mol. The first kappa shape index (κ1) is 18.9. The minimum Gasteiger partial charge on any atom is -0.458 e. The number of alkyl halides is 3. The van der Waals surface area contributed by atoms with E-state index < -0.39 is 29.7 Å². The molecule has 1 aliphatic heterocycles. The normalized spacial score (nSPS) is 17.5. The number of urea groups is 1. The van der Waals surface area contributed by atoms with Gasteiger partial charge in [0, 0.05) is 12.2 Å². The summed E-state index contributed by atoms with van der Waals surface area (Å²) in [5.41, 5.74) is -0.784. The molecule has 1 aromatic heterocycles. The highest BCUT2D eigenvalue weighted by Gasteiger charge is 2.31.